The molecule has 11 heteroatoms. The van der Waals surface area contributed by atoms with Gasteiger partial charge >= 0.3 is 0 Å². The average molecular weight is 443 g/mol. The van der Waals surface area contributed by atoms with Crippen molar-refractivity contribution in [2.45, 2.75) is 18.4 Å². The smallest absolute Gasteiger partial charge is 0.248 e. The Balaban J connectivity index is 1.37. The Morgan fingerprint density at radius 1 is 1.06 bits per heavy atom. The number of amides is 1. The summed E-state index contributed by atoms with van der Waals surface area (Å²) in [5.41, 5.74) is 2.42. The van der Waals surface area contributed by atoms with Gasteiger partial charge in [0, 0.05) is 24.3 Å². The number of hydrogen-bond donors (Lipinski definition) is 1. The van der Waals surface area contributed by atoms with Gasteiger partial charge in [0.1, 0.15) is 6.54 Å². The molecular formula is C20H22N6O4S. The molecule has 1 aliphatic heterocycles. The number of hydrogen-bond acceptors (Lipinski definition) is 7. The van der Waals surface area contributed by atoms with E-state index in [0.717, 1.165) is 11.1 Å². The summed E-state index contributed by atoms with van der Waals surface area (Å²) in [5, 5.41) is 14.8. The summed E-state index contributed by atoms with van der Waals surface area (Å²) in [6.07, 6.45) is 0. The van der Waals surface area contributed by atoms with Crippen LogP contribution in [0.25, 0.3) is 11.4 Å². The topological polar surface area (TPSA) is 119 Å². The van der Waals surface area contributed by atoms with E-state index in [-0.39, 0.29) is 17.3 Å². The van der Waals surface area contributed by atoms with Crippen molar-refractivity contribution in [1.29, 1.82) is 0 Å². The van der Waals surface area contributed by atoms with Gasteiger partial charge in [-0.05, 0) is 36.4 Å². The van der Waals surface area contributed by atoms with Gasteiger partial charge in [-0.1, -0.05) is 29.8 Å². The van der Waals surface area contributed by atoms with Crippen molar-refractivity contribution in [3.63, 3.8) is 0 Å². The highest BCUT2D eigenvalue weighted by molar-refractivity contribution is 7.89. The van der Waals surface area contributed by atoms with E-state index in [0.29, 0.717) is 37.8 Å². The van der Waals surface area contributed by atoms with E-state index < -0.39 is 10.0 Å². The zero-order valence-electron chi connectivity index (χ0n) is 16.9. The predicted octanol–water partition coefficient (Wildman–Crippen LogP) is 1.31. The first-order valence-corrected chi connectivity index (χ1v) is 11.2. The maximum absolute atomic E-state index is 12.7. The molecule has 1 aromatic heterocycles. The van der Waals surface area contributed by atoms with Gasteiger partial charge in [-0.25, -0.2) is 8.42 Å². The molecule has 0 aliphatic carbocycles. The molecule has 10 nitrogen and oxygen atoms in total. The number of carbonyl (C=O) groups excluding carboxylic acids is 1. The number of anilines is 1. The average Bonchev–Trinajstić information content (AvgIpc) is 3.23. The zero-order chi connectivity index (χ0) is 21.8. The number of aryl methyl sites for hydroxylation is 1. The number of ether oxygens (including phenoxy) is 1. The third kappa shape index (κ3) is 4.95. The van der Waals surface area contributed by atoms with Crippen LogP contribution >= 0.6 is 0 Å². The standard InChI is InChI=1S/C20H22N6O4S/c1-15-2-4-16(5-3-15)20-22-24-26(23-20)14-19(27)21-17-6-8-18(9-7-17)31(28,29)25-10-12-30-13-11-25/h2-9H,10-14H2,1H3,(H,21,27). The van der Waals surface area contributed by atoms with Crippen LogP contribution in [0, 0.1) is 6.92 Å². The third-order valence-electron chi connectivity index (χ3n) is 4.79. The quantitative estimate of drug-likeness (QED) is 0.611. The van der Waals surface area contributed by atoms with Crippen LogP contribution in [-0.4, -0.2) is 65.1 Å². The van der Waals surface area contributed by atoms with Crippen molar-refractivity contribution in [3.8, 4) is 11.4 Å². The molecule has 0 bridgehead atoms. The lowest BCUT2D eigenvalue weighted by Crippen LogP contribution is -2.40. The monoisotopic (exact) mass is 442 g/mol. The summed E-state index contributed by atoms with van der Waals surface area (Å²) in [7, 11) is -3.57. The van der Waals surface area contributed by atoms with Crippen molar-refractivity contribution in [2.75, 3.05) is 31.6 Å². The maximum atomic E-state index is 12.7. The predicted molar refractivity (Wildman–Crippen MR) is 113 cm³/mol. The van der Waals surface area contributed by atoms with Crippen molar-refractivity contribution in [1.82, 2.24) is 24.5 Å². The molecule has 1 N–H and O–H groups in total. The van der Waals surface area contributed by atoms with Crippen molar-refractivity contribution in [2.24, 2.45) is 0 Å². The van der Waals surface area contributed by atoms with Crippen LogP contribution in [0.4, 0.5) is 5.69 Å². The number of rotatable bonds is 6. The first-order valence-electron chi connectivity index (χ1n) is 9.74. The first kappa shape index (κ1) is 21.1. The molecule has 0 saturated carbocycles. The Morgan fingerprint density at radius 3 is 2.42 bits per heavy atom. The van der Waals surface area contributed by atoms with E-state index in [2.05, 4.69) is 20.7 Å². The van der Waals surface area contributed by atoms with E-state index in [9.17, 15) is 13.2 Å². The molecular weight excluding hydrogens is 420 g/mol. The zero-order valence-corrected chi connectivity index (χ0v) is 17.7. The number of nitrogens with zero attached hydrogens (tertiary/aromatic N) is 5. The summed E-state index contributed by atoms with van der Waals surface area (Å²) in [5.74, 6) is 0.0853. The van der Waals surface area contributed by atoms with Gasteiger partial charge in [-0.2, -0.15) is 9.10 Å². The molecule has 1 amide bonds. The first-order chi connectivity index (χ1) is 14.9. The molecule has 0 radical (unpaired) electrons. The van der Waals surface area contributed by atoms with Gasteiger partial charge < -0.3 is 10.1 Å². The molecule has 1 saturated heterocycles. The molecule has 2 aromatic carbocycles. The number of morpholine rings is 1. The Bertz CT molecular complexity index is 1150. The van der Waals surface area contributed by atoms with Gasteiger partial charge in [0.05, 0.1) is 18.1 Å². The van der Waals surface area contributed by atoms with Crippen molar-refractivity contribution in [3.05, 3.63) is 54.1 Å². The second-order valence-corrected chi connectivity index (χ2v) is 9.04. The molecule has 3 aromatic rings. The van der Waals surface area contributed by atoms with Crippen LogP contribution in [0.5, 0.6) is 0 Å². The number of tetrazole rings is 1. The number of aromatic nitrogens is 4. The highest BCUT2D eigenvalue weighted by Crippen LogP contribution is 2.19. The molecule has 31 heavy (non-hydrogen) atoms. The highest BCUT2D eigenvalue weighted by Gasteiger charge is 2.26. The van der Waals surface area contributed by atoms with E-state index >= 15 is 0 Å². The molecule has 1 fully saturated rings. The minimum Gasteiger partial charge on any atom is -0.379 e. The second kappa shape index (κ2) is 8.92. The molecule has 0 unspecified atom stereocenters. The second-order valence-electron chi connectivity index (χ2n) is 7.10. The van der Waals surface area contributed by atoms with Crippen LogP contribution in [0.2, 0.25) is 0 Å². The fourth-order valence-corrected chi connectivity index (χ4v) is 4.51. The normalized spacial score (nSPS) is 15.0. The number of carbonyl (C=O) groups is 1. The summed E-state index contributed by atoms with van der Waals surface area (Å²) in [6.45, 7) is 3.30. The Hall–Kier alpha value is -3.15. The largest absolute Gasteiger partial charge is 0.379 e. The summed E-state index contributed by atoms with van der Waals surface area (Å²) < 4.78 is 31.9. The minimum atomic E-state index is -3.57. The van der Waals surface area contributed by atoms with Gasteiger partial charge in [-0.15, -0.1) is 10.2 Å². The van der Waals surface area contributed by atoms with Crippen LogP contribution < -0.4 is 5.32 Å². The van der Waals surface area contributed by atoms with Gasteiger partial charge in [0.15, 0.2) is 0 Å². The van der Waals surface area contributed by atoms with Crippen molar-refractivity contribution < 1.29 is 17.9 Å². The molecule has 4 rings (SSSR count). The van der Waals surface area contributed by atoms with Crippen molar-refractivity contribution >= 4 is 21.6 Å². The summed E-state index contributed by atoms with van der Waals surface area (Å²) in [4.78, 5) is 13.7. The lowest BCUT2D eigenvalue weighted by atomic mass is 10.1. The fraction of sp³-hybridized carbons (Fsp3) is 0.300. The van der Waals surface area contributed by atoms with E-state index in [1.165, 1.54) is 21.2 Å². The highest BCUT2D eigenvalue weighted by atomic mass is 32.2. The summed E-state index contributed by atoms with van der Waals surface area (Å²) in [6, 6.07) is 13.7. The minimum absolute atomic E-state index is 0.118. The SMILES string of the molecule is Cc1ccc(-c2nnn(CC(=O)Nc3ccc(S(=O)(=O)N4CCOCC4)cc3)n2)cc1. The van der Waals surface area contributed by atoms with E-state index in [4.69, 9.17) is 4.74 Å². The van der Waals surface area contributed by atoms with Crippen LogP contribution in [-0.2, 0) is 26.1 Å². The molecule has 0 spiro atoms. The van der Waals surface area contributed by atoms with E-state index in [1.54, 1.807) is 12.1 Å². The Morgan fingerprint density at radius 2 is 1.74 bits per heavy atom. The van der Waals surface area contributed by atoms with E-state index in [1.807, 2.05) is 31.2 Å². The molecule has 162 valence electrons. The fourth-order valence-electron chi connectivity index (χ4n) is 3.10. The third-order valence-corrected chi connectivity index (χ3v) is 6.71. The number of sulfonamides is 1. The van der Waals surface area contributed by atoms with Crippen LogP contribution in [0.1, 0.15) is 5.56 Å². The lowest BCUT2D eigenvalue weighted by molar-refractivity contribution is -0.117. The maximum Gasteiger partial charge on any atom is 0.248 e. The van der Waals surface area contributed by atoms with Crippen LogP contribution in [0.15, 0.2) is 53.4 Å². The van der Waals surface area contributed by atoms with Gasteiger partial charge in [-0.3, -0.25) is 4.79 Å². The number of nitrogens with one attached hydrogen (secondary N) is 1. The Kier molecular flexibility index (Phi) is 6.07. The Labute approximate surface area is 179 Å². The van der Waals surface area contributed by atoms with Crippen LogP contribution in [0.3, 0.4) is 0 Å². The molecule has 0 atom stereocenters. The van der Waals surface area contributed by atoms with Gasteiger partial charge in [0.25, 0.3) is 0 Å². The molecule has 2 heterocycles. The van der Waals surface area contributed by atoms with Gasteiger partial charge in [0.2, 0.25) is 21.8 Å². The molecule has 1 aliphatic rings. The number of benzene rings is 2. The summed E-state index contributed by atoms with van der Waals surface area (Å²) >= 11 is 0. The lowest BCUT2D eigenvalue weighted by Gasteiger charge is -2.26.